The Hall–Kier alpha value is -2.15. The normalized spacial score (nSPS) is 19.0. The molecule has 1 amide bonds. The van der Waals surface area contributed by atoms with Crippen molar-refractivity contribution in [1.29, 1.82) is 0 Å². The van der Waals surface area contributed by atoms with Crippen LogP contribution in [0.1, 0.15) is 41.5 Å². The maximum absolute atomic E-state index is 12.9. The Balaban J connectivity index is 1.65. The monoisotopic (exact) mass is 315 g/mol. The van der Waals surface area contributed by atoms with E-state index in [0.29, 0.717) is 5.69 Å². The van der Waals surface area contributed by atoms with Crippen molar-refractivity contribution in [3.8, 4) is 0 Å². The lowest BCUT2D eigenvalue weighted by Gasteiger charge is -2.34. The van der Waals surface area contributed by atoms with Gasteiger partial charge in [-0.25, -0.2) is 4.98 Å². The van der Waals surface area contributed by atoms with Crippen molar-refractivity contribution >= 4 is 22.2 Å². The number of carbonyl (C=O) groups excluding carboxylic acids is 1. The topological polar surface area (TPSA) is 55.4 Å². The number of aromatic nitrogens is 4. The summed E-state index contributed by atoms with van der Waals surface area (Å²) in [5.41, 5.74) is 1.49. The molecule has 0 saturated carbocycles. The summed E-state index contributed by atoms with van der Waals surface area (Å²) in [4.78, 5) is 20.1. The molecular weight excluding hydrogens is 298 g/mol. The van der Waals surface area contributed by atoms with Crippen molar-refractivity contribution in [3.63, 3.8) is 0 Å². The molecule has 0 aliphatic carbocycles. The van der Waals surface area contributed by atoms with E-state index in [9.17, 15) is 4.79 Å². The molecule has 0 unspecified atom stereocenters. The standard InChI is InChI=1S/C15H17N5OS/c1-18-7-5-11(17-18)13-4-2-3-6-20(13)14(21)12-10-19-8-9-22-15(19)16-12/h5,7-10,13H,2-4,6H2,1H3/t13-/m0/s1. The molecule has 0 spiro atoms. The first-order chi connectivity index (χ1) is 10.7. The Morgan fingerprint density at radius 3 is 3.05 bits per heavy atom. The van der Waals surface area contributed by atoms with Crippen molar-refractivity contribution < 1.29 is 4.79 Å². The molecular formula is C15H17N5OS. The second kappa shape index (κ2) is 5.24. The van der Waals surface area contributed by atoms with Crippen LogP contribution in [-0.2, 0) is 7.05 Å². The fourth-order valence-corrected chi connectivity index (χ4v) is 3.77. The predicted octanol–water partition coefficient (Wildman–Crippen LogP) is 2.50. The third-order valence-corrected chi connectivity index (χ3v) is 4.92. The molecule has 3 aromatic heterocycles. The average Bonchev–Trinajstić information content (AvgIpc) is 3.21. The molecule has 1 saturated heterocycles. The zero-order chi connectivity index (χ0) is 15.1. The molecule has 0 radical (unpaired) electrons. The second-order valence-corrected chi connectivity index (χ2v) is 6.52. The number of imidazole rings is 1. The quantitative estimate of drug-likeness (QED) is 0.730. The van der Waals surface area contributed by atoms with Gasteiger partial charge >= 0.3 is 0 Å². The predicted molar refractivity (Wildman–Crippen MR) is 83.9 cm³/mol. The number of rotatable bonds is 2. The van der Waals surface area contributed by atoms with Crippen LogP contribution in [0.15, 0.2) is 30.0 Å². The van der Waals surface area contributed by atoms with E-state index < -0.39 is 0 Å². The fourth-order valence-electron chi connectivity index (χ4n) is 3.07. The molecule has 1 atom stereocenters. The minimum absolute atomic E-state index is 0.00579. The number of piperidine rings is 1. The molecule has 1 fully saturated rings. The number of thiazole rings is 1. The molecule has 7 heteroatoms. The first-order valence-electron chi connectivity index (χ1n) is 7.45. The van der Waals surface area contributed by atoms with Gasteiger partial charge in [0.2, 0.25) is 0 Å². The smallest absolute Gasteiger partial charge is 0.274 e. The van der Waals surface area contributed by atoms with Crippen LogP contribution < -0.4 is 0 Å². The SMILES string of the molecule is Cn1ccc([C@@H]2CCCCN2C(=O)c2cn3ccsc3n2)n1. The lowest BCUT2D eigenvalue weighted by atomic mass is 9.99. The van der Waals surface area contributed by atoms with Crippen molar-refractivity contribution in [2.75, 3.05) is 6.54 Å². The van der Waals surface area contributed by atoms with Crippen LogP contribution in [0.2, 0.25) is 0 Å². The summed E-state index contributed by atoms with van der Waals surface area (Å²) >= 11 is 1.54. The maximum Gasteiger partial charge on any atom is 0.274 e. The van der Waals surface area contributed by atoms with Gasteiger partial charge in [-0.3, -0.25) is 13.9 Å². The van der Waals surface area contributed by atoms with E-state index >= 15 is 0 Å². The van der Waals surface area contributed by atoms with Crippen LogP contribution in [0.3, 0.4) is 0 Å². The Morgan fingerprint density at radius 2 is 2.27 bits per heavy atom. The largest absolute Gasteiger partial charge is 0.329 e. The minimum atomic E-state index is 0.00579. The highest BCUT2D eigenvalue weighted by Gasteiger charge is 2.31. The molecule has 1 aliphatic rings. The average molecular weight is 315 g/mol. The minimum Gasteiger partial charge on any atom is -0.329 e. The first kappa shape index (κ1) is 13.5. The number of likely N-dealkylation sites (tertiary alicyclic amines) is 1. The van der Waals surface area contributed by atoms with Crippen molar-refractivity contribution in [2.24, 2.45) is 7.05 Å². The highest BCUT2D eigenvalue weighted by molar-refractivity contribution is 7.15. The second-order valence-electron chi connectivity index (χ2n) is 5.64. The number of aryl methyl sites for hydroxylation is 1. The summed E-state index contributed by atoms with van der Waals surface area (Å²) in [7, 11) is 1.90. The molecule has 0 aromatic carbocycles. The fraction of sp³-hybridized carbons (Fsp3) is 0.400. The van der Waals surface area contributed by atoms with Gasteiger partial charge in [0.05, 0.1) is 11.7 Å². The van der Waals surface area contributed by atoms with Crippen LogP contribution in [0.5, 0.6) is 0 Å². The van der Waals surface area contributed by atoms with Gasteiger partial charge in [0.1, 0.15) is 5.69 Å². The molecule has 0 N–H and O–H groups in total. The van der Waals surface area contributed by atoms with Crippen LogP contribution in [0.25, 0.3) is 4.96 Å². The Kier molecular flexibility index (Phi) is 3.22. The zero-order valence-corrected chi connectivity index (χ0v) is 13.2. The summed E-state index contributed by atoms with van der Waals surface area (Å²) in [6.07, 6.45) is 8.80. The van der Waals surface area contributed by atoms with Crippen molar-refractivity contribution in [2.45, 2.75) is 25.3 Å². The van der Waals surface area contributed by atoms with E-state index in [1.807, 2.05) is 46.4 Å². The molecule has 1 aliphatic heterocycles. The van der Waals surface area contributed by atoms with E-state index in [4.69, 9.17) is 0 Å². The summed E-state index contributed by atoms with van der Waals surface area (Å²) in [6.45, 7) is 0.769. The van der Waals surface area contributed by atoms with Crippen LogP contribution in [0, 0.1) is 0 Å². The van der Waals surface area contributed by atoms with Crippen molar-refractivity contribution in [1.82, 2.24) is 24.1 Å². The summed E-state index contributed by atoms with van der Waals surface area (Å²) in [6, 6.07) is 2.06. The van der Waals surface area contributed by atoms with E-state index in [0.717, 1.165) is 36.5 Å². The third-order valence-electron chi connectivity index (χ3n) is 4.15. The van der Waals surface area contributed by atoms with Gasteiger partial charge in [0.15, 0.2) is 4.96 Å². The Bertz CT molecular complexity index is 788. The number of hydrogen-bond donors (Lipinski definition) is 0. The third kappa shape index (κ3) is 2.21. The number of hydrogen-bond acceptors (Lipinski definition) is 4. The zero-order valence-electron chi connectivity index (χ0n) is 12.3. The molecule has 0 bridgehead atoms. The van der Waals surface area contributed by atoms with Gasteiger partial charge in [0.25, 0.3) is 5.91 Å². The van der Waals surface area contributed by atoms with E-state index in [1.165, 1.54) is 11.3 Å². The lowest BCUT2D eigenvalue weighted by Crippen LogP contribution is -2.39. The molecule has 114 valence electrons. The van der Waals surface area contributed by atoms with Crippen LogP contribution in [0.4, 0.5) is 0 Å². The molecule has 22 heavy (non-hydrogen) atoms. The van der Waals surface area contributed by atoms with Gasteiger partial charge in [-0.1, -0.05) is 0 Å². The van der Waals surface area contributed by atoms with E-state index in [-0.39, 0.29) is 11.9 Å². The van der Waals surface area contributed by atoms with Gasteiger partial charge in [-0.05, 0) is 25.3 Å². The van der Waals surface area contributed by atoms with Gasteiger partial charge < -0.3 is 4.90 Å². The van der Waals surface area contributed by atoms with E-state index in [1.54, 1.807) is 4.68 Å². The Labute approximate surface area is 132 Å². The number of nitrogens with zero attached hydrogens (tertiary/aromatic N) is 5. The van der Waals surface area contributed by atoms with Crippen LogP contribution >= 0.6 is 11.3 Å². The first-order valence-corrected chi connectivity index (χ1v) is 8.33. The van der Waals surface area contributed by atoms with Crippen molar-refractivity contribution in [3.05, 3.63) is 41.4 Å². The molecule has 4 rings (SSSR count). The van der Waals surface area contributed by atoms with Gasteiger partial charge in [0, 0.05) is 37.6 Å². The highest BCUT2D eigenvalue weighted by Crippen LogP contribution is 2.31. The molecule has 4 heterocycles. The number of carbonyl (C=O) groups is 1. The van der Waals surface area contributed by atoms with E-state index in [2.05, 4.69) is 10.1 Å². The summed E-state index contributed by atoms with van der Waals surface area (Å²) < 4.78 is 3.69. The highest BCUT2D eigenvalue weighted by atomic mass is 32.1. The Morgan fingerprint density at radius 1 is 1.36 bits per heavy atom. The van der Waals surface area contributed by atoms with Gasteiger partial charge in [-0.2, -0.15) is 5.10 Å². The lowest BCUT2D eigenvalue weighted by molar-refractivity contribution is 0.0600. The summed E-state index contributed by atoms with van der Waals surface area (Å²) in [5.74, 6) is 0.00579. The molecule has 3 aromatic rings. The number of amides is 1. The number of fused-ring (bicyclic) bond motifs is 1. The van der Waals surface area contributed by atoms with Gasteiger partial charge in [-0.15, -0.1) is 11.3 Å². The maximum atomic E-state index is 12.9. The summed E-state index contributed by atoms with van der Waals surface area (Å²) in [5, 5.41) is 6.46. The molecule has 6 nitrogen and oxygen atoms in total. The van der Waals surface area contributed by atoms with Crippen LogP contribution in [-0.4, -0.2) is 36.5 Å².